The Morgan fingerprint density at radius 1 is 0.667 bits per heavy atom. The fourth-order valence-corrected chi connectivity index (χ4v) is 5.37. The minimum atomic E-state index is -0.00830. The largest absolute Gasteiger partial charge is 0.209 e. The van der Waals surface area contributed by atoms with Crippen molar-refractivity contribution in [2.75, 3.05) is 7.05 Å². The fourth-order valence-electron chi connectivity index (χ4n) is 5.37. The Kier molecular flexibility index (Phi) is 3.50. The number of hydrogen-bond donors (Lipinski definition) is 0. The molecule has 1 nitrogen and oxygen atoms in total. The molecule has 0 bridgehead atoms. The van der Waals surface area contributed by atoms with E-state index in [1.807, 2.05) is 0 Å². The molecule has 0 spiro atoms. The third-order valence-electron chi connectivity index (χ3n) is 6.92. The second-order valence-corrected chi connectivity index (χ2v) is 8.93. The Labute approximate surface area is 176 Å². The second-order valence-electron chi connectivity index (χ2n) is 8.93. The average Bonchev–Trinajstić information content (AvgIpc) is 2.96. The van der Waals surface area contributed by atoms with Crippen molar-refractivity contribution in [3.8, 4) is 0 Å². The van der Waals surface area contributed by atoms with E-state index in [2.05, 4.69) is 116 Å². The van der Waals surface area contributed by atoms with E-state index in [9.17, 15) is 0 Å². The number of hydrogen-bond acceptors (Lipinski definition) is 0. The van der Waals surface area contributed by atoms with Gasteiger partial charge in [-0.15, -0.1) is 0 Å². The van der Waals surface area contributed by atoms with E-state index in [1.165, 1.54) is 54.8 Å². The van der Waals surface area contributed by atoms with Crippen LogP contribution >= 0.6 is 0 Å². The van der Waals surface area contributed by atoms with Gasteiger partial charge >= 0.3 is 0 Å². The van der Waals surface area contributed by atoms with Gasteiger partial charge in [-0.1, -0.05) is 72.8 Å². The average molecular weight is 387 g/mol. The van der Waals surface area contributed by atoms with Gasteiger partial charge in [-0.25, -0.2) is 0 Å². The van der Waals surface area contributed by atoms with Crippen LogP contribution in [0.1, 0.15) is 25.0 Å². The summed E-state index contributed by atoms with van der Waals surface area (Å²) in [5.41, 5.74) is 5.29. The van der Waals surface area contributed by atoms with E-state index >= 15 is 0 Å². The number of rotatable bonds is 2. The van der Waals surface area contributed by atoms with Crippen molar-refractivity contribution in [3.63, 3.8) is 0 Å². The van der Waals surface area contributed by atoms with E-state index in [-0.39, 0.29) is 5.41 Å². The topological polar surface area (TPSA) is 3.01 Å². The molecule has 1 heterocycles. The van der Waals surface area contributed by atoms with Crippen LogP contribution in [0.3, 0.4) is 0 Å². The lowest BCUT2D eigenvalue weighted by molar-refractivity contribution is -0.401. The smallest absolute Gasteiger partial charge is 0.198 e. The molecule has 0 aromatic heterocycles. The van der Waals surface area contributed by atoms with Gasteiger partial charge in [-0.2, -0.15) is 4.58 Å². The molecule has 1 heteroatoms. The normalized spacial score (nSPS) is 15.8. The molecule has 5 aromatic rings. The molecule has 0 saturated heterocycles. The molecule has 0 N–H and O–H groups in total. The van der Waals surface area contributed by atoms with Gasteiger partial charge in [0.15, 0.2) is 5.71 Å². The minimum Gasteiger partial charge on any atom is -0.198 e. The molecule has 6 rings (SSSR count). The molecular formula is C29H24N+. The van der Waals surface area contributed by atoms with Crippen molar-refractivity contribution in [3.05, 3.63) is 96.1 Å². The van der Waals surface area contributed by atoms with E-state index in [0.29, 0.717) is 0 Å². The second kappa shape index (κ2) is 6.03. The molecule has 0 fully saturated rings. The van der Waals surface area contributed by atoms with Gasteiger partial charge in [-0.05, 0) is 57.8 Å². The standard InChI is InChI=1S/C29H24N/c1-29(2)24-9-4-5-10-25(24)30(3)26(29)18-16-19-11-12-22-14-13-20-7-6-8-21-15-17-23(19)28(22)27(20)21/h4-18H,1-3H3/q+1/b18-16+. The summed E-state index contributed by atoms with van der Waals surface area (Å²) >= 11 is 0. The molecule has 1 aliphatic heterocycles. The Morgan fingerprint density at radius 3 is 2.10 bits per heavy atom. The summed E-state index contributed by atoms with van der Waals surface area (Å²) in [6.45, 7) is 4.64. The van der Waals surface area contributed by atoms with Crippen LogP contribution in [0.4, 0.5) is 5.69 Å². The first kappa shape index (κ1) is 17.4. The molecular weight excluding hydrogens is 362 g/mol. The number of nitrogens with zero attached hydrogens (tertiary/aromatic N) is 1. The van der Waals surface area contributed by atoms with Crippen LogP contribution < -0.4 is 0 Å². The predicted molar refractivity (Wildman–Crippen MR) is 129 cm³/mol. The number of allylic oxidation sites excluding steroid dienone is 1. The Hall–Kier alpha value is -3.45. The van der Waals surface area contributed by atoms with Crippen molar-refractivity contribution in [1.29, 1.82) is 0 Å². The fraction of sp³-hybridized carbons (Fsp3) is 0.138. The lowest BCUT2D eigenvalue weighted by atomic mass is 9.81. The molecule has 0 atom stereocenters. The Bertz CT molecular complexity index is 1500. The van der Waals surface area contributed by atoms with Gasteiger partial charge in [0, 0.05) is 17.7 Å². The lowest BCUT2D eigenvalue weighted by Crippen LogP contribution is -2.26. The zero-order chi connectivity index (χ0) is 20.5. The maximum atomic E-state index is 2.34. The third-order valence-corrected chi connectivity index (χ3v) is 6.92. The van der Waals surface area contributed by atoms with Crippen LogP contribution in [0, 0.1) is 0 Å². The summed E-state index contributed by atoms with van der Waals surface area (Å²) in [6.07, 6.45) is 4.61. The van der Waals surface area contributed by atoms with Gasteiger partial charge in [0.05, 0.1) is 5.41 Å². The Morgan fingerprint density at radius 2 is 1.33 bits per heavy atom. The zero-order valence-corrected chi connectivity index (χ0v) is 17.6. The van der Waals surface area contributed by atoms with E-state index < -0.39 is 0 Å². The van der Waals surface area contributed by atoms with Crippen molar-refractivity contribution in [1.82, 2.24) is 0 Å². The van der Waals surface area contributed by atoms with Gasteiger partial charge in [0.25, 0.3) is 0 Å². The maximum Gasteiger partial charge on any atom is 0.209 e. The molecule has 0 amide bonds. The molecule has 144 valence electrons. The molecule has 0 saturated carbocycles. The van der Waals surface area contributed by atoms with Crippen LogP contribution in [-0.2, 0) is 5.41 Å². The minimum absolute atomic E-state index is 0.00830. The van der Waals surface area contributed by atoms with Crippen LogP contribution in [0.5, 0.6) is 0 Å². The quantitative estimate of drug-likeness (QED) is 0.221. The third kappa shape index (κ3) is 2.26. The first-order valence-electron chi connectivity index (χ1n) is 10.6. The summed E-state index contributed by atoms with van der Waals surface area (Å²) < 4.78 is 2.34. The molecule has 0 radical (unpaired) electrons. The molecule has 0 aliphatic carbocycles. The van der Waals surface area contributed by atoms with Crippen LogP contribution in [0.2, 0.25) is 0 Å². The van der Waals surface area contributed by atoms with E-state index in [0.717, 1.165) is 0 Å². The first-order chi connectivity index (χ1) is 14.6. The van der Waals surface area contributed by atoms with E-state index in [4.69, 9.17) is 0 Å². The van der Waals surface area contributed by atoms with Crippen molar-refractivity contribution >= 4 is 49.8 Å². The summed E-state index contributed by atoms with van der Waals surface area (Å²) in [5, 5.41) is 8.01. The molecule has 5 aromatic carbocycles. The van der Waals surface area contributed by atoms with Crippen LogP contribution in [0.15, 0.2) is 84.9 Å². The van der Waals surface area contributed by atoms with Crippen molar-refractivity contribution in [2.24, 2.45) is 0 Å². The number of para-hydroxylation sites is 1. The SMILES string of the molecule is C[N+]1=C(/C=C/c2ccc3ccc4cccc5ccc2c3c45)C(C)(C)c2ccccc21. The summed E-state index contributed by atoms with van der Waals surface area (Å²) in [4.78, 5) is 0. The van der Waals surface area contributed by atoms with Crippen LogP contribution in [-0.4, -0.2) is 17.3 Å². The zero-order valence-electron chi connectivity index (χ0n) is 17.6. The highest BCUT2D eigenvalue weighted by Gasteiger charge is 2.42. The monoisotopic (exact) mass is 386 g/mol. The van der Waals surface area contributed by atoms with Gasteiger partial charge in [0.2, 0.25) is 5.69 Å². The highest BCUT2D eigenvalue weighted by atomic mass is 15.0. The summed E-state index contributed by atoms with van der Waals surface area (Å²) in [5.74, 6) is 0. The first-order valence-corrected chi connectivity index (χ1v) is 10.6. The van der Waals surface area contributed by atoms with Gasteiger partial charge in [0.1, 0.15) is 7.05 Å². The van der Waals surface area contributed by atoms with Crippen molar-refractivity contribution in [2.45, 2.75) is 19.3 Å². The summed E-state index contributed by atoms with van der Waals surface area (Å²) in [7, 11) is 2.18. The van der Waals surface area contributed by atoms with E-state index in [1.54, 1.807) is 0 Å². The van der Waals surface area contributed by atoms with Gasteiger partial charge < -0.3 is 0 Å². The Balaban J connectivity index is 1.55. The van der Waals surface area contributed by atoms with Crippen molar-refractivity contribution < 1.29 is 4.58 Å². The highest BCUT2D eigenvalue weighted by molar-refractivity contribution is 6.24. The molecule has 1 aliphatic rings. The predicted octanol–water partition coefficient (Wildman–Crippen LogP) is 7.30. The van der Waals surface area contributed by atoms with Gasteiger partial charge in [-0.3, -0.25) is 0 Å². The lowest BCUT2D eigenvalue weighted by Gasteiger charge is -2.15. The molecule has 0 unspecified atom stereocenters. The maximum absolute atomic E-state index is 2.34. The van der Waals surface area contributed by atoms with Crippen LogP contribution in [0.25, 0.3) is 38.4 Å². The summed E-state index contributed by atoms with van der Waals surface area (Å²) in [6, 6.07) is 28.9. The number of benzene rings is 5. The molecule has 30 heavy (non-hydrogen) atoms. The highest BCUT2D eigenvalue weighted by Crippen LogP contribution is 2.40. The number of fused-ring (bicyclic) bond motifs is 1.